The van der Waals surface area contributed by atoms with Crippen LogP contribution in [0.2, 0.25) is 0 Å². The van der Waals surface area contributed by atoms with Gasteiger partial charge in [-0.15, -0.1) is 0 Å². The third-order valence-corrected chi connectivity index (χ3v) is 12.3. The van der Waals surface area contributed by atoms with E-state index in [0.717, 1.165) is 70.6 Å². The van der Waals surface area contributed by atoms with E-state index < -0.39 is 12.1 Å². The Morgan fingerprint density at radius 1 is 0.458 bits per heavy atom. The summed E-state index contributed by atoms with van der Waals surface area (Å²) in [6.45, 7) is 4.88. The molecule has 6 heteroatoms. The number of allylic oxidation sites excluding steroid dienone is 2. The first-order chi connectivity index (χ1) is 29.0. The number of esters is 1. The quantitative estimate of drug-likeness (QED) is 0.0322. The standard InChI is InChI=1S/C53H103NO5/c1-3-5-7-9-11-13-15-17-19-20-21-23-24-26-29-33-37-41-45-51(56)50(49-55)54-52(57)46-42-38-34-30-28-32-36-40-44-48-59-53(58)47-43-39-35-31-27-25-22-18-16-14-12-10-8-6-4-2/h30,34,50-51,55-56H,3-29,31-33,35-49H2,1-2H3,(H,54,57)/b34-30-. The van der Waals surface area contributed by atoms with Gasteiger partial charge in [-0.1, -0.05) is 244 Å². The van der Waals surface area contributed by atoms with E-state index in [1.807, 2.05) is 0 Å². The minimum atomic E-state index is -0.694. The van der Waals surface area contributed by atoms with E-state index in [2.05, 4.69) is 31.3 Å². The molecule has 0 aromatic carbocycles. The van der Waals surface area contributed by atoms with Gasteiger partial charge in [-0.2, -0.15) is 0 Å². The molecule has 0 saturated heterocycles. The van der Waals surface area contributed by atoms with E-state index in [-0.39, 0.29) is 18.5 Å². The van der Waals surface area contributed by atoms with Crippen molar-refractivity contribution in [2.24, 2.45) is 0 Å². The molecule has 0 aromatic rings. The highest BCUT2D eigenvalue weighted by molar-refractivity contribution is 5.76. The summed E-state index contributed by atoms with van der Waals surface area (Å²) in [5.74, 6) is -0.125. The summed E-state index contributed by atoms with van der Waals surface area (Å²) in [7, 11) is 0. The van der Waals surface area contributed by atoms with Crippen LogP contribution in [0, 0.1) is 0 Å². The van der Waals surface area contributed by atoms with Gasteiger partial charge in [-0.25, -0.2) is 0 Å². The number of rotatable bonds is 49. The summed E-state index contributed by atoms with van der Waals surface area (Å²) in [5.41, 5.74) is 0. The lowest BCUT2D eigenvalue weighted by Gasteiger charge is -2.22. The van der Waals surface area contributed by atoms with E-state index in [4.69, 9.17) is 4.74 Å². The normalized spacial score (nSPS) is 12.7. The second-order valence-electron chi connectivity index (χ2n) is 18.2. The number of carbonyl (C=O) groups excluding carboxylic acids is 2. The highest BCUT2D eigenvalue weighted by Gasteiger charge is 2.20. The Hall–Kier alpha value is -1.40. The fourth-order valence-electron chi connectivity index (χ4n) is 8.23. The van der Waals surface area contributed by atoms with Crippen LogP contribution in [0.1, 0.15) is 290 Å². The first-order valence-electron chi connectivity index (χ1n) is 26.4. The average molecular weight is 834 g/mol. The van der Waals surface area contributed by atoms with Crippen LogP contribution in [-0.2, 0) is 14.3 Å². The van der Waals surface area contributed by atoms with Crippen LogP contribution in [0.3, 0.4) is 0 Å². The molecule has 0 aliphatic rings. The molecule has 0 aliphatic heterocycles. The van der Waals surface area contributed by atoms with Gasteiger partial charge in [0, 0.05) is 12.8 Å². The summed E-state index contributed by atoms with van der Waals surface area (Å²) in [5, 5.41) is 23.2. The molecule has 6 nitrogen and oxygen atoms in total. The molecule has 0 aromatic heterocycles. The zero-order valence-electron chi connectivity index (χ0n) is 39.7. The van der Waals surface area contributed by atoms with Crippen molar-refractivity contribution in [3.8, 4) is 0 Å². The van der Waals surface area contributed by atoms with Gasteiger partial charge in [0.05, 0.1) is 25.4 Å². The van der Waals surface area contributed by atoms with Gasteiger partial charge in [-0.05, 0) is 44.9 Å². The number of carbonyl (C=O) groups is 2. The van der Waals surface area contributed by atoms with Gasteiger partial charge in [0.1, 0.15) is 0 Å². The molecule has 0 rings (SSSR count). The Labute approximate surface area is 368 Å². The zero-order chi connectivity index (χ0) is 43.0. The molecule has 0 fully saturated rings. The Morgan fingerprint density at radius 3 is 1.24 bits per heavy atom. The zero-order valence-corrected chi connectivity index (χ0v) is 39.7. The van der Waals surface area contributed by atoms with Crippen molar-refractivity contribution in [3.63, 3.8) is 0 Å². The van der Waals surface area contributed by atoms with Crippen molar-refractivity contribution in [1.82, 2.24) is 5.32 Å². The van der Waals surface area contributed by atoms with E-state index in [0.29, 0.717) is 25.9 Å². The van der Waals surface area contributed by atoms with E-state index in [1.54, 1.807) is 0 Å². The largest absolute Gasteiger partial charge is 0.466 e. The topological polar surface area (TPSA) is 95.9 Å². The molecule has 3 N–H and O–H groups in total. The molecule has 0 saturated carbocycles. The fraction of sp³-hybridized carbons (Fsp3) is 0.925. The van der Waals surface area contributed by atoms with Gasteiger partial charge >= 0.3 is 5.97 Å². The summed E-state index contributed by atoms with van der Waals surface area (Å²) < 4.78 is 5.44. The van der Waals surface area contributed by atoms with Crippen molar-refractivity contribution >= 4 is 11.9 Å². The molecule has 350 valence electrons. The number of ether oxygens (including phenoxy) is 1. The molecule has 1 amide bonds. The SMILES string of the molecule is CCCCCCCCCCCCCCCCCCCCC(O)C(CO)NC(=O)CCC/C=C\CCCCCCOC(=O)CCCCCCCCCCCCCCCCC. The maximum Gasteiger partial charge on any atom is 0.305 e. The Kier molecular flexibility index (Phi) is 48.1. The molecular formula is C53H103NO5. The van der Waals surface area contributed by atoms with Crippen LogP contribution >= 0.6 is 0 Å². The molecule has 0 heterocycles. The number of amides is 1. The van der Waals surface area contributed by atoms with Crippen LogP contribution in [-0.4, -0.2) is 47.4 Å². The van der Waals surface area contributed by atoms with Crippen molar-refractivity contribution < 1.29 is 24.5 Å². The lowest BCUT2D eigenvalue weighted by atomic mass is 10.0. The molecule has 2 atom stereocenters. The highest BCUT2D eigenvalue weighted by Crippen LogP contribution is 2.17. The minimum Gasteiger partial charge on any atom is -0.466 e. The highest BCUT2D eigenvalue weighted by atomic mass is 16.5. The van der Waals surface area contributed by atoms with E-state index in [1.165, 1.54) is 186 Å². The number of hydrogen-bond donors (Lipinski definition) is 3. The molecule has 0 bridgehead atoms. The Balaban J connectivity index is 3.52. The van der Waals surface area contributed by atoms with E-state index >= 15 is 0 Å². The van der Waals surface area contributed by atoms with Gasteiger partial charge in [0.2, 0.25) is 5.91 Å². The van der Waals surface area contributed by atoms with Crippen molar-refractivity contribution in [3.05, 3.63) is 12.2 Å². The number of unbranched alkanes of at least 4 members (excludes halogenated alkanes) is 36. The summed E-state index contributed by atoms with van der Waals surface area (Å²) >= 11 is 0. The number of aliphatic hydroxyl groups excluding tert-OH is 2. The molecular weight excluding hydrogens is 731 g/mol. The third-order valence-electron chi connectivity index (χ3n) is 12.3. The van der Waals surface area contributed by atoms with Gasteiger partial charge in [-0.3, -0.25) is 9.59 Å². The molecule has 0 spiro atoms. The third kappa shape index (κ3) is 45.9. The minimum absolute atomic E-state index is 0.0322. The van der Waals surface area contributed by atoms with Crippen LogP contribution < -0.4 is 5.32 Å². The number of nitrogens with one attached hydrogen (secondary N) is 1. The maximum absolute atomic E-state index is 12.4. The number of aliphatic hydroxyl groups is 2. The molecule has 59 heavy (non-hydrogen) atoms. The summed E-state index contributed by atoms with van der Waals surface area (Å²) in [4.78, 5) is 24.5. The van der Waals surface area contributed by atoms with Gasteiger partial charge in [0.15, 0.2) is 0 Å². The van der Waals surface area contributed by atoms with Crippen LogP contribution in [0.4, 0.5) is 0 Å². The second-order valence-corrected chi connectivity index (χ2v) is 18.2. The predicted octanol–water partition coefficient (Wildman–Crippen LogP) is 15.7. The molecule has 0 radical (unpaired) electrons. The lowest BCUT2D eigenvalue weighted by molar-refractivity contribution is -0.143. The lowest BCUT2D eigenvalue weighted by Crippen LogP contribution is -2.45. The van der Waals surface area contributed by atoms with Crippen molar-refractivity contribution in [1.29, 1.82) is 0 Å². The van der Waals surface area contributed by atoms with Crippen LogP contribution in [0.15, 0.2) is 12.2 Å². The Bertz CT molecular complexity index is 878. The maximum atomic E-state index is 12.4. The molecule has 2 unspecified atom stereocenters. The summed E-state index contributed by atoms with van der Waals surface area (Å²) in [6, 6.07) is -0.578. The van der Waals surface area contributed by atoms with Crippen molar-refractivity contribution in [2.45, 2.75) is 302 Å². The molecule has 0 aliphatic carbocycles. The van der Waals surface area contributed by atoms with Crippen molar-refractivity contribution in [2.75, 3.05) is 13.2 Å². The first-order valence-corrected chi connectivity index (χ1v) is 26.4. The van der Waals surface area contributed by atoms with Gasteiger partial charge in [0.25, 0.3) is 0 Å². The van der Waals surface area contributed by atoms with Crippen LogP contribution in [0.25, 0.3) is 0 Å². The summed E-state index contributed by atoms with van der Waals surface area (Å²) in [6.07, 6.45) is 56.2. The van der Waals surface area contributed by atoms with Gasteiger partial charge < -0.3 is 20.3 Å². The average Bonchev–Trinajstić information content (AvgIpc) is 3.24. The van der Waals surface area contributed by atoms with E-state index in [9.17, 15) is 19.8 Å². The first kappa shape index (κ1) is 57.6. The van der Waals surface area contributed by atoms with Crippen LogP contribution in [0.5, 0.6) is 0 Å². The Morgan fingerprint density at radius 2 is 0.814 bits per heavy atom. The number of hydrogen-bond acceptors (Lipinski definition) is 5. The monoisotopic (exact) mass is 834 g/mol. The second kappa shape index (κ2) is 49.3. The smallest absolute Gasteiger partial charge is 0.305 e. The predicted molar refractivity (Wildman–Crippen MR) is 255 cm³/mol. The fourth-order valence-corrected chi connectivity index (χ4v) is 8.23.